The van der Waals surface area contributed by atoms with Crippen LogP contribution in [0.2, 0.25) is 0 Å². The van der Waals surface area contributed by atoms with Crippen molar-refractivity contribution in [3.8, 4) is 5.75 Å². The molecular formula is C18H28N2O2+2. The molecular weight excluding hydrogens is 276 g/mol. The highest BCUT2D eigenvalue weighted by molar-refractivity contribution is 5.26. The molecule has 0 amide bonds. The fourth-order valence-corrected chi connectivity index (χ4v) is 5.82. The third-order valence-corrected chi connectivity index (χ3v) is 6.93. The van der Waals surface area contributed by atoms with Crippen molar-refractivity contribution in [2.75, 3.05) is 26.2 Å². The zero-order valence-corrected chi connectivity index (χ0v) is 13.6. The fraction of sp³-hybridized carbons (Fsp3) is 0.667. The topological polar surface area (TPSA) is 49.3 Å². The lowest BCUT2D eigenvalue weighted by Crippen LogP contribution is -3.41. The Kier molecular flexibility index (Phi) is 3.09. The molecule has 120 valence electrons. The van der Waals surface area contributed by atoms with E-state index in [9.17, 15) is 10.2 Å². The van der Waals surface area contributed by atoms with E-state index in [1.807, 2.05) is 12.1 Å². The number of benzene rings is 1. The number of quaternary nitrogens is 2. The molecule has 4 fully saturated rings. The molecule has 4 aliphatic rings. The number of hydrogen-bond donors (Lipinski definition) is 4. The van der Waals surface area contributed by atoms with Crippen LogP contribution in [-0.2, 0) is 0 Å². The normalized spacial score (nSPS) is 46.1. The summed E-state index contributed by atoms with van der Waals surface area (Å²) < 4.78 is 0. The predicted octanol–water partition coefficient (Wildman–Crippen LogP) is -0.645. The van der Waals surface area contributed by atoms with Gasteiger partial charge >= 0.3 is 0 Å². The van der Waals surface area contributed by atoms with Crippen molar-refractivity contribution in [3.05, 3.63) is 29.8 Å². The first-order valence-corrected chi connectivity index (χ1v) is 8.70. The monoisotopic (exact) mass is 304 g/mol. The third kappa shape index (κ3) is 1.75. The maximum Gasteiger partial charge on any atom is 0.240 e. The molecule has 22 heavy (non-hydrogen) atoms. The minimum Gasteiger partial charge on any atom is -0.508 e. The standard InChI is InChI=1S/C18H26N2O2/c1-3-17-9-19-11-18(4-2,16(17)22)12-20(10-17)15(19)13-5-7-14(21)8-6-13/h5-8,15-16,21-22H,3-4,9-12H2,1-2H3/p+2. The summed E-state index contributed by atoms with van der Waals surface area (Å²) in [5.41, 5.74) is 1.53. The molecule has 1 aromatic carbocycles. The van der Waals surface area contributed by atoms with Crippen molar-refractivity contribution >= 4 is 0 Å². The van der Waals surface area contributed by atoms with Crippen molar-refractivity contribution in [2.45, 2.75) is 39.0 Å². The van der Waals surface area contributed by atoms with E-state index in [-0.39, 0.29) is 16.9 Å². The molecule has 4 N–H and O–H groups in total. The Morgan fingerprint density at radius 2 is 1.41 bits per heavy atom. The number of rotatable bonds is 3. The number of piperidine rings is 2. The quantitative estimate of drug-likeness (QED) is 0.600. The van der Waals surface area contributed by atoms with Crippen LogP contribution in [0.25, 0.3) is 0 Å². The van der Waals surface area contributed by atoms with Crippen LogP contribution in [-0.4, -0.2) is 42.5 Å². The fourth-order valence-electron chi connectivity index (χ4n) is 5.82. The van der Waals surface area contributed by atoms with Gasteiger partial charge in [0, 0.05) is 0 Å². The first kappa shape index (κ1) is 14.5. The molecule has 4 heteroatoms. The van der Waals surface area contributed by atoms with Gasteiger partial charge in [0.2, 0.25) is 6.17 Å². The molecule has 0 atom stereocenters. The number of aromatic hydroxyl groups is 1. The molecule has 4 aliphatic heterocycles. The number of aliphatic hydroxyl groups is 1. The van der Waals surface area contributed by atoms with Crippen LogP contribution in [0.15, 0.2) is 24.3 Å². The second-order valence-electron chi connectivity index (χ2n) is 7.88. The molecule has 0 aliphatic carbocycles. The second kappa shape index (κ2) is 4.70. The van der Waals surface area contributed by atoms with Gasteiger partial charge in [-0.15, -0.1) is 0 Å². The minimum absolute atomic E-state index is 0.102. The molecule has 4 saturated heterocycles. The Morgan fingerprint density at radius 1 is 0.955 bits per heavy atom. The van der Waals surface area contributed by atoms with E-state index >= 15 is 0 Å². The zero-order valence-electron chi connectivity index (χ0n) is 13.6. The van der Waals surface area contributed by atoms with E-state index in [4.69, 9.17) is 0 Å². The summed E-state index contributed by atoms with van der Waals surface area (Å²) in [7, 11) is 0. The summed E-state index contributed by atoms with van der Waals surface area (Å²) in [5, 5.41) is 20.6. The summed E-state index contributed by atoms with van der Waals surface area (Å²) >= 11 is 0. The molecule has 4 nitrogen and oxygen atoms in total. The SMILES string of the molecule is CCC12C[NH+]3CC(CC)(C[NH+](C1)C3c1ccc(O)cc1)C2O. The van der Waals surface area contributed by atoms with E-state index in [2.05, 4.69) is 26.0 Å². The third-order valence-electron chi connectivity index (χ3n) is 6.93. The van der Waals surface area contributed by atoms with Gasteiger partial charge in [0.25, 0.3) is 0 Å². The van der Waals surface area contributed by atoms with Gasteiger partial charge in [-0.25, -0.2) is 0 Å². The van der Waals surface area contributed by atoms with E-state index in [0.29, 0.717) is 11.9 Å². The highest BCUT2D eigenvalue weighted by Gasteiger charge is 2.69. The van der Waals surface area contributed by atoms with Gasteiger partial charge in [0.1, 0.15) is 5.75 Å². The van der Waals surface area contributed by atoms with Crippen molar-refractivity contribution in [1.82, 2.24) is 0 Å². The Bertz CT molecular complexity index is 531. The molecule has 1 aromatic rings. The molecule has 5 rings (SSSR count). The van der Waals surface area contributed by atoms with Gasteiger partial charge in [0.05, 0.1) is 48.7 Å². The summed E-state index contributed by atoms with van der Waals surface area (Å²) in [4.78, 5) is 3.26. The van der Waals surface area contributed by atoms with Gasteiger partial charge in [-0.05, 0) is 37.1 Å². The lowest BCUT2D eigenvalue weighted by atomic mass is 9.57. The van der Waals surface area contributed by atoms with Crippen LogP contribution in [0.4, 0.5) is 0 Å². The summed E-state index contributed by atoms with van der Waals surface area (Å²) in [6, 6.07) is 7.77. The highest BCUT2D eigenvalue weighted by atomic mass is 16.3. The number of phenols is 1. The Morgan fingerprint density at radius 3 is 1.82 bits per heavy atom. The second-order valence-corrected chi connectivity index (χ2v) is 7.88. The average molecular weight is 304 g/mol. The molecule has 0 radical (unpaired) electrons. The van der Waals surface area contributed by atoms with Crippen LogP contribution in [0.1, 0.15) is 38.4 Å². The van der Waals surface area contributed by atoms with Gasteiger partial charge in [-0.1, -0.05) is 13.8 Å². The van der Waals surface area contributed by atoms with Gasteiger partial charge < -0.3 is 10.2 Å². The van der Waals surface area contributed by atoms with Crippen molar-refractivity contribution in [2.24, 2.45) is 10.8 Å². The predicted molar refractivity (Wildman–Crippen MR) is 83.7 cm³/mol. The summed E-state index contributed by atoms with van der Waals surface area (Å²) in [6.07, 6.45) is 2.48. The van der Waals surface area contributed by atoms with E-state index in [0.717, 1.165) is 39.0 Å². The number of hydrogen-bond acceptors (Lipinski definition) is 2. The van der Waals surface area contributed by atoms with Crippen molar-refractivity contribution in [1.29, 1.82) is 0 Å². The van der Waals surface area contributed by atoms with Gasteiger partial charge in [0.15, 0.2) is 0 Å². The maximum absolute atomic E-state index is 11.1. The van der Waals surface area contributed by atoms with Crippen LogP contribution in [0.3, 0.4) is 0 Å². The number of aliphatic hydroxyl groups excluding tert-OH is 1. The molecule has 4 heterocycles. The number of phenolic OH excluding ortho intramolecular Hbond substituents is 1. The number of nitrogens with one attached hydrogen (secondary N) is 2. The Balaban J connectivity index is 1.73. The van der Waals surface area contributed by atoms with Crippen molar-refractivity contribution < 1.29 is 20.0 Å². The maximum atomic E-state index is 11.1. The lowest BCUT2D eigenvalue weighted by Gasteiger charge is -2.64. The van der Waals surface area contributed by atoms with Gasteiger partial charge in [-0.3, -0.25) is 9.80 Å². The molecule has 0 unspecified atom stereocenters. The smallest absolute Gasteiger partial charge is 0.240 e. The molecule has 4 bridgehead atoms. The minimum atomic E-state index is -0.136. The molecule has 0 aromatic heterocycles. The Labute approximate surface area is 132 Å². The molecule has 0 spiro atoms. The van der Waals surface area contributed by atoms with Crippen molar-refractivity contribution in [3.63, 3.8) is 0 Å². The molecule has 0 saturated carbocycles. The van der Waals surface area contributed by atoms with E-state index in [1.54, 1.807) is 9.80 Å². The van der Waals surface area contributed by atoms with Crippen LogP contribution in [0.5, 0.6) is 5.75 Å². The van der Waals surface area contributed by atoms with Crippen LogP contribution >= 0.6 is 0 Å². The largest absolute Gasteiger partial charge is 0.508 e. The zero-order chi connectivity index (χ0) is 15.5. The average Bonchev–Trinajstić information content (AvgIpc) is 2.52. The van der Waals surface area contributed by atoms with E-state index < -0.39 is 0 Å². The van der Waals surface area contributed by atoms with E-state index in [1.165, 1.54) is 5.56 Å². The highest BCUT2D eigenvalue weighted by Crippen LogP contribution is 2.44. The first-order valence-electron chi connectivity index (χ1n) is 8.70. The van der Waals surface area contributed by atoms with Gasteiger partial charge in [-0.2, -0.15) is 0 Å². The summed E-state index contributed by atoms with van der Waals surface area (Å²) in [6.45, 7) is 8.83. The Hall–Kier alpha value is -1.10. The lowest BCUT2D eigenvalue weighted by molar-refractivity contribution is -1.19. The summed E-state index contributed by atoms with van der Waals surface area (Å²) in [5.74, 6) is 0.341. The van der Waals surface area contributed by atoms with Crippen LogP contribution in [0, 0.1) is 10.8 Å². The van der Waals surface area contributed by atoms with Crippen LogP contribution < -0.4 is 9.80 Å². The first-order chi connectivity index (χ1) is 10.5.